The highest BCUT2D eigenvalue weighted by atomic mass is 32.2. The first-order valence-corrected chi connectivity index (χ1v) is 8.99. The summed E-state index contributed by atoms with van der Waals surface area (Å²) in [6.07, 6.45) is 2.33. The molecule has 0 unspecified atom stereocenters. The number of aliphatic imine (C=N–C) groups is 1. The van der Waals surface area contributed by atoms with Crippen molar-refractivity contribution in [2.75, 3.05) is 26.1 Å². The van der Waals surface area contributed by atoms with E-state index < -0.39 is 0 Å². The third kappa shape index (κ3) is 4.60. The maximum absolute atomic E-state index is 6.05. The van der Waals surface area contributed by atoms with Crippen LogP contribution in [0.5, 0.6) is 11.5 Å². The Hall–Kier alpha value is -2.34. The number of hydrogen-bond acceptors (Lipinski definition) is 4. The summed E-state index contributed by atoms with van der Waals surface area (Å²) < 4.78 is 10.7. The maximum atomic E-state index is 6.05. The van der Waals surface area contributed by atoms with E-state index in [1.54, 1.807) is 14.2 Å². The number of benzene rings is 2. The molecular formula is C19H23N3O2S. The van der Waals surface area contributed by atoms with Gasteiger partial charge in [0.2, 0.25) is 0 Å². The number of rotatable bonds is 7. The smallest absolute Gasteiger partial charge is 0.193 e. The molecule has 3 rings (SSSR count). The van der Waals surface area contributed by atoms with Gasteiger partial charge in [0.25, 0.3) is 0 Å². The molecule has 1 aliphatic carbocycles. The number of methoxy groups -OCH3 is 2. The molecule has 0 bridgehead atoms. The Labute approximate surface area is 152 Å². The predicted molar refractivity (Wildman–Crippen MR) is 104 cm³/mol. The number of hydrogen-bond donors (Lipinski definition) is 2. The molecule has 1 fully saturated rings. The summed E-state index contributed by atoms with van der Waals surface area (Å²) in [4.78, 5) is 5.82. The first-order chi connectivity index (χ1) is 12.1. The lowest BCUT2D eigenvalue weighted by molar-refractivity contribution is 0.355. The van der Waals surface area contributed by atoms with Crippen LogP contribution in [0.3, 0.4) is 0 Å². The molecule has 0 radical (unpaired) electrons. The van der Waals surface area contributed by atoms with E-state index in [4.69, 9.17) is 15.2 Å². The Kier molecular flexibility index (Phi) is 5.38. The van der Waals surface area contributed by atoms with E-state index in [2.05, 4.69) is 34.6 Å². The monoisotopic (exact) mass is 357 g/mol. The van der Waals surface area contributed by atoms with Crippen molar-refractivity contribution in [2.45, 2.75) is 22.5 Å². The molecule has 0 saturated heterocycles. The summed E-state index contributed by atoms with van der Waals surface area (Å²) in [5, 5.41) is 3.12. The number of ether oxygens (including phenoxy) is 2. The molecule has 5 nitrogen and oxygen atoms in total. The van der Waals surface area contributed by atoms with Gasteiger partial charge in [-0.25, -0.2) is 0 Å². The Morgan fingerprint density at radius 2 is 1.84 bits per heavy atom. The molecule has 0 heterocycles. The van der Waals surface area contributed by atoms with Gasteiger partial charge in [0, 0.05) is 21.4 Å². The zero-order valence-corrected chi connectivity index (χ0v) is 15.3. The van der Waals surface area contributed by atoms with Gasteiger partial charge in [0.1, 0.15) is 0 Å². The lowest BCUT2D eigenvalue weighted by Crippen LogP contribution is -2.24. The van der Waals surface area contributed by atoms with Crippen molar-refractivity contribution in [3.05, 3.63) is 48.5 Å². The first kappa shape index (κ1) is 17.5. The van der Waals surface area contributed by atoms with Crippen LogP contribution in [0.25, 0.3) is 0 Å². The zero-order valence-electron chi connectivity index (χ0n) is 14.5. The summed E-state index contributed by atoms with van der Waals surface area (Å²) in [6, 6.07) is 16.0. The number of anilines is 1. The van der Waals surface area contributed by atoms with Gasteiger partial charge >= 0.3 is 0 Å². The molecule has 2 aromatic carbocycles. The highest BCUT2D eigenvalue weighted by Gasteiger charge is 2.43. The third-order valence-corrected chi connectivity index (χ3v) is 5.56. The van der Waals surface area contributed by atoms with Crippen molar-refractivity contribution in [1.82, 2.24) is 0 Å². The molecule has 2 aromatic rings. The number of nitrogens with zero attached hydrogens (tertiary/aromatic N) is 1. The molecule has 0 amide bonds. The lowest BCUT2D eigenvalue weighted by Gasteiger charge is -2.14. The van der Waals surface area contributed by atoms with E-state index in [1.807, 2.05) is 36.0 Å². The SMILES string of the molecule is COc1ccc(NC(N)=NCC2(Sc3ccccc3)CC2)cc1OC. The van der Waals surface area contributed by atoms with E-state index in [-0.39, 0.29) is 4.75 Å². The Balaban J connectivity index is 1.61. The van der Waals surface area contributed by atoms with Crippen LogP contribution < -0.4 is 20.5 Å². The molecule has 3 N–H and O–H groups in total. The molecule has 1 aliphatic rings. The van der Waals surface area contributed by atoms with Gasteiger partial charge < -0.3 is 20.5 Å². The third-order valence-electron chi connectivity index (χ3n) is 4.08. The van der Waals surface area contributed by atoms with Gasteiger partial charge in [-0.3, -0.25) is 4.99 Å². The average molecular weight is 357 g/mol. The van der Waals surface area contributed by atoms with Crippen LogP contribution in [0.1, 0.15) is 12.8 Å². The van der Waals surface area contributed by atoms with Crippen LogP contribution in [-0.4, -0.2) is 31.5 Å². The maximum Gasteiger partial charge on any atom is 0.193 e. The standard InChI is InChI=1S/C19H23N3O2S/c1-23-16-9-8-14(12-17(16)24-2)22-18(20)21-13-19(10-11-19)25-15-6-4-3-5-7-15/h3-9,12H,10-11,13H2,1-2H3,(H3,20,21,22). The lowest BCUT2D eigenvalue weighted by atomic mass is 10.3. The van der Waals surface area contributed by atoms with Gasteiger partial charge in [-0.05, 0) is 37.1 Å². The fourth-order valence-corrected chi connectivity index (χ4v) is 3.73. The van der Waals surface area contributed by atoms with Crippen LogP contribution >= 0.6 is 11.8 Å². The van der Waals surface area contributed by atoms with Crippen molar-refractivity contribution in [2.24, 2.45) is 10.7 Å². The van der Waals surface area contributed by atoms with Crippen molar-refractivity contribution in [3.63, 3.8) is 0 Å². The molecule has 0 aliphatic heterocycles. The molecule has 0 spiro atoms. The van der Waals surface area contributed by atoms with Crippen LogP contribution in [0, 0.1) is 0 Å². The number of guanidine groups is 1. The minimum Gasteiger partial charge on any atom is -0.493 e. The van der Waals surface area contributed by atoms with Crippen molar-refractivity contribution in [1.29, 1.82) is 0 Å². The van der Waals surface area contributed by atoms with E-state index in [0.717, 1.165) is 5.69 Å². The fourth-order valence-electron chi connectivity index (χ4n) is 2.50. The molecule has 0 aromatic heterocycles. The molecule has 25 heavy (non-hydrogen) atoms. The summed E-state index contributed by atoms with van der Waals surface area (Å²) >= 11 is 1.89. The fraction of sp³-hybridized carbons (Fsp3) is 0.316. The summed E-state index contributed by atoms with van der Waals surface area (Å²) in [7, 11) is 3.22. The molecule has 6 heteroatoms. The van der Waals surface area contributed by atoms with Gasteiger partial charge in [-0.1, -0.05) is 18.2 Å². The van der Waals surface area contributed by atoms with Crippen molar-refractivity contribution < 1.29 is 9.47 Å². The van der Waals surface area contributed by atoms with Crippen LogP contribution in [0.4, 0.5) is 5.69 Å². The summed E-state index contributed by atoms with van der Waals surface area (Å²) in [5.41, 5.74) is 6.87. The van der Waals surface area contributed by atoms with Gasteiger partial charge in [0.05, 0.1) is 20.8 Å². The van der Waals surface area contributed by atoms with Gasteiger partial charge in [-0.15, -0.1) is 11.8 Å². The topological polar surface area (TPSA) is 68.9 Å². The Morgan fingerprint density at radius 1 is 1.12 bits per heavy atom. The molecular weight excluding hydrogens is 334 g/mol. The van der Waals surface area contributed by atoms with E-state index >= 15 is 0 Å². The Morgan fingerprint density at radius 3 is 2.48 bits per heavy atom. The van der Waals surface area contributed by atoms with Crippen molar-refractivity contribution in [3.8, 4) is 11.5 Å². The first-order valence-electron chi connectivity index (χ1n) is 8.17. The van der Waals surface area contributed by atoms with Crippen LogP contribution in [0.15, 0.2) is 58.4 Å². The number of nitrogens with two attached hydrogens (primary N) is 1. The second-order valence-electron chi connectivity index (χ2n) is 5.99. The molecule has 0 atom stereocenters. The Bertz CT molecular complexity index is 746. The zero-order chi connectivity index (χ0) is 17.7. The predicted octanol–water partition coefficient (Wildman–Crippen LogP) is 3.76. The number of nitrogens with one attached hydrogen (secondary N) is 1. The highest BCUT2D eigenvalue weighted by Crippen LogP contribution is 2.51. The highest BCUT2D eigenvalue weighted by molar-refractivity contribution is 8.01. The number of thioether (sulfide) groups is 1. The minimum absolute atomic E-state index is 0.186. The minimum atomic E-state index is 0.186. The summed E-state index contributed by atoms with van der Waals surface area (Å²) in [6.45, 7) is 0.707. The largest absolute Gasteiger partial charge is 0.493 e. The normalized spacial score (nSPS) is 15.5. The van der Waals surface area contributed by atoms with Gasteiger partial charge in [-0.2, -0.15) is 0 Å². The van der Waals surface area contributed by atoms with E-state index in [0.29, 0.717) is 24.0 Å². The molecule has 132 valence electrons. The van der Waals surface area contributed by atoms with Gasteiger partial charge in [0.15, 0.2) is 17.5 Å². The quantitative estimate of drug-likeness (QED) is 0.583. The van der Waals surface area contributed by atoms with Crippen LogP contribution in [-0.2, 0) is 0 Å². The van der Waals surface area contributed by atoms with Crippen LogP contribution in [0.2, 0.25) is 0 Å². The van der Waals surface area contributed by atoms with E-state index in [9.17, 15) is 0 Å². The molecule has 1 saturated carbocycles. The summed E-state index contributed by atoms with van der Waals surface area (Å²) in [5.74, 6) is 1.74. The van der Waals surface area contributed by atoms with E-state index in [1.165, 1.54) is 17.7 Å². The average Bonchev–Trinajstić information content (AvgIpc) is 3.40. The van der Waals surface area contributed by atoms with Crippen molar-refractivity contribution >= 4 is 23.4 Å². The second-order valence-corrected chi connectivity index (χ2v) is 7.54. The second kappa shape index (κ2) is 7.70.